The molecule has 0 radical (unpaired) electrons. The highest BCUT2D eigenvalue weighted by atomic mass is 16.5. The fourth-order valence-electron chi connectivity index (χ4n) is 4.00. The van der Waals surface area contributed by atoms with E-state index in [1.54, 1.807) is 0 Å². The average Bonchev–Trinajstić information content (AvgIpc) is 2.98. The van der Waals surface area contributed by atoms with Crippen LogP contribution < -0.4 is 0 Å². The lowest BCUT2D eigenvalue weighted by Gasteiger charge is -2.44. The second-order valence-electron chi connectivity index (χ2n) is 6.93. The Kier molecular flexibility index (Phi) is 2.99. The fraction of sp³-hybridized carbons (Fsp3) is 1.00. The lowest BCUT2D eigenvalue weighted by molar-refractivity contribution is -0.138. The van der Waals surface area contributed by atoms with Crippen molar-refractivity contribution in [2.75, 3.05) is 6.61 Å². The smallest absolute Gasteiger partial charge is 0.0686 e. The van der Waals surface area contributed by atoms with Crippen molar-refractivity contribution in [1.82, 2.24) is 0 Å². The molecule has 0 aromatic carbocycles. The van der Waals surface area contributed by atoms with E-state index in [9.17, 15) is 5.11 Å². The molecule has 17 heavy (non-hydrogen) atoms. The van der Waals surface area contributed by atoms with E-state index in [0.717, 1.165) is 31.8 Å². The van der Waals surface area contributed by atoms with Crippen molar-refractivity contribution in [2.24, 2.45) is 11.8 Å². The first-order chi connectivity index (χ1) is 8.10. The molecule has 3 aliphatic rings. The number of rotatable bonds is 3. The first-order valence-corrected chi connectivity index (χ1v) is 7.46. The van der Waals surface area contributed by atoms with Gasteiger partial charge in [0, 0.05) is 6.61 Å². The highest BCUT2D eigenvalue weighted by Crippen LogP contribution is 2.48. The summed E-state index contributed by atoms with van der Waals surface area (Å²) in [7, 11) is 0. The molecule has 3 rings (SSSR count). The van der Waals surface area contributed by atoms with E-state index in [4.69, 9.17) is 4.74 Å². The molecule has 0 amide bonds. The van der Waals surface area contributed by atoms with Crippen LogP contribution in [-0.4, -0.2) is 22.9 Å². The largest absolute Gasteiger partial charge is 0.390 e. The summed E-state index contributed by atoms with van der Waals surface area (Å²) in [6, 6.07) is 0. The monoisotopic (exact) mass is 238 g/mol. The van der Waals surface area contributed by atoms with Crippen LogP contribution >= 0.6 is 0 Å². The molecule has 0 bridgehead atoms. The quantitative estimate of drug-likeness (QED) is 0.817. The van der Waals surface area contributed by atoms with Crippen LogP contribution in [0.5, 0.6) is 0 Å². The van der Waals surface area contributed by atoms with Gasteiger partial charge in [-0.2, -0.15) is 0 Å². The molecule has 1 saturated heterocycles. The molecule has 3 fully saturated rings. The first-order valence-electron chi connectivity index (χ1n) is 7.46. The van der Waals surface area contributed by atoms with Crippen molar-refractivity contribution in [3.8, 4) is 0 Å². The Hall–Kier alpha value is -0.0800. The summed E-state index contributed by atoms with van der Waals surface area (Å²) < 4.78 is 6.06. The van der Waals surface area contributed by atoms with E-state index in [1.165, 1.54) is 38.5 Å². The van der Waals surface area contributed by atoms with Gasteiger partial charge in [0.15, 0.2) is 0 Å². The molecule has 2 unspecified atom stereocenters. The first kappa shape index (κ1) is 12.0. The van der Waals surface area contributed by atoms with Gasteiger partial charge in [-0.1, -0.05) is 25.7 Å². The predicted octanol–water partition coefficient (Wildman–Crippen LogP) is 3.28. The molecular weight excluding hydrogens is 212 g/mol. The third-order valence-electron chi connectivity index (χ3n) is 5.29. The van der Waals surface area contributed by atoms with Gasteiger partial charge >= 0.3 is 0 Å². The summed E-state index contributed by atoms with van der Waals surface area (Å²) in [5.41, 5.74) is -0.295. The number of hydrogen-bond acceptors (Lipinski definition) is 2. The molecule has 0 aromatic heterocycles. The normalized spacial score (nSPS) is 36.0. The predicted molar refractivity (Wildman–Crippen MR) is 67.8 cm³/mol. The Bertz CT molecular complexity index is 275. The summed E-state index contributed by atoms with van der Waals surface area (Å²) in [5.74, 6) is 1.28. The Balaban J connectivity index is 1.65. The zero-order valence-corrected chi connectivity index (χ0v) is 11.1. The molecule has 2 nitrogen and oxygen atoms in total. The topological polar surface area (TPSA) is 29.5 Å². The molecule has 2 atom stereocenters. The highest BCUT2D eigenvalue weighted by Gasteiger charge is 2.46. The average molecular weight is 238 g/mol. The van der Waals surface area contributed by atoms with E-state index in [0.29, 0.717) is 5.92 Å². The molecule has 2 heteroatoms. The second kappa shape index (κ2) is 4.24. The summed E-state index contributed by atoms with van der Waals surface area (Å²) in [5, 5.41) is 10.7. The lowest BCUT2D eigenvalue weighted by Crippen LogP contribution is -2.46. The van der Waals surface area contributed by atoms with Gasteiger partial charge in [0.1, 0.15) is 0 Å². The summed E-state index contributed by atoms with van der Waals surface area (Å²) in [6.07, 6.45) is 10.9. The van der Waals surface area contributed by atoms with E-state index in [-0.39, 0.29) is 5.60 Å². The van der Waals surface area contributed by atoms with Crippen LogP contribution in [-0.2, 0) is 4.74 Å². The van der Waals surface area contributed by atoms with Crippen LogP contribution in [0.25, 0.3) is 0 Å². The van der Waals surface area contributed by atoms with Gasteiger partial charge in [-0.05, 0) is 50.9 Å². The van der Waals surface area contributed by atoms with Gasteiger partial charge in [-0.25, -0.2) is 0 Å². The van der Waals surface area contributed by atoms with Crippen molar-refractivity contribution in [1.29, 1.82) is 0 Å². The lowest BCUT2D eigenvalue weighted by atomic mass is 9.74. The van der Waals surface area contributed by atoms with Crippen LogP contribution in [0.2, 0.25) is 0 Å². The SMILES string of the molecule is CC(O)(CC1CC1)C1CCOC2(CCCC2)C1. The number of hydrogen-bond donors (Lipinski definition) is 1. The number of ether oxygens (including phenoxy) is 1. The van der Waals surface area contributed by atoms with Gasteiger partial charge in [0.2, 0.25) is 0 Å². The van der Waals surface area contributed by atoms with E-state index in [1.807, 2.05) is 0 Å². The van der Waals surface area contributed by atoms with E-state index < -0.39 is 5.60 Å². The molecule has 2 saturated carbocycles. The van der Waals surface area contributed by atoms with Crippen molar-refractivity contribution in [3.05, 3.63) is 0 Å². The third-order valence-corrected chi connectivity index (χ3v) is 5.29. The van der Waals surface area contributed by atoms with Crippen LogP contribution in [0.1, 0.15) is 64.7 Å². The van der Waals surface area contributed by atoms with Gasteiger partial charge < -0.3 is 9.84 Å². The van der Waals surface area contributed by atoms with Crippen molar-refractivity contribution in [3.63, 3.8) is 0 Å². The summed E-state index contributed by atoms with van der Waals surface area (Å²) >= 11 is 0. The highest BCUT2D eigenvalue weighted by molar-refractivity contribution is 4.97. The third kappa shape index (κ3) is 2.53. The minimum Gasteiger partial charge on any atom is -0.390 e. The van der Waals surface area contributed by atoms with Gasteiger partial charge in [0.25, 0.3) is 0 Å². The van der Waals surface area contributed by atoms with E-state index in [2.05, 4.69) is 6.92 Å². The standard InChI is InChI=1S/C15H26O2/c1-14(16,10-12-4-5-12)13-6-9-17-15(11-13)7-2-3-8-15/h12-13,16H,2-11H2,1H3. The summed E-state index contributed by atoms with van der Waals surface area (Å²) in [4.78, 5) is 0. The van der Waals surface area contributed by atoms with Crippen LogP contribution in [0.4, 0.5) is 0 Å². The minimum atomic E-state index is -0.444. The zero-order chi connectivity index (χ0) is 11.9. The van der Waals surface area contributed by atoms with Crippen molar-refractivity contribution < 1.29 is 9.84 Å². The Morgan fingerprint density at radius 2 is 1.94 bits per heavy atom. The molecule has 1 spiro atoms. The van der Waals surface area contributed by atoms with E-state index >= 15 is 0 Å². The van der Waals surface area contributed by atoms with Crippen LogP contribution in [0, 0.1) is 11.8 Å². The minimum absolute atomic E-state index is 0.149. The molecule has 2 aliphatic carbocycles. The Morgan fingerprint density at radius 3 is 2.59 bits per heavy atom. The Labute approximate surface area is 105 Å². The molecule has 98 valence electrons. The maximum absolute atomic E-state index is 10.7. The van der Waals surface area contributed by atoms with Crippen molar-refractivity contribution >= 4 is 0 Å². The molecular formula is C15H26O2. The Morgan fingerprint density at radius 1 is 1.24 bits per heavy atom. The van der Waals surface area contributed by atoms with Crippen LogP contribution in [0.3, 0.4) is 0 Å². The van der Waals surface area contributed by atoms with Crippen LogP contribution in [0.15, 0.2) is 0 Å². The maximum atomic E-state index is 10.7. The molecule has 1 heterocycles. The van der Waals surface area contributed by atoms with Gasteiger partial charge in [-0.3, -0.25) is 0 Å². The fourth-order valence-corrected chi connectivity index (χ4v) is 4.00. The second-order valence-corrected chi connectivity index (χ2v) is 6.93. The summed E-state index contributed by atoms with van der Waals surface area (Å²) in [6.45, 7) is 2.94. The maximum Gasteiger partial charge on any atom is 0.0686 e. The molecule has 0 aromatic rings. The number of aliphatic hydroxyl groups is 1. The van der Waals surface area contributed by atoms with Crippen molar-refractivity contribution in [2.45, 2.75) is 75.9 Å². The van der Waals surface area contributed by atoms with Gasteiger partial charge in [-0.15, -0.1) is 0 Å². The molecule has 1 aliphatic heterocycles. The molecule has 1 N–H and O–H groups in total. The zero-order valence-electron chi connectivity index (χ0n) is 11.1. The van der Waals surface area contributed by atoms with Gasteiger partial charge in [0.05, 0.1) is 11.2 Å².